The summed E-state index contributed by atoms with van der Waals surface area (Å²) < 4.78 is 31.8. The van der Waals surface area contributed by atoms with Crippen molar-refractivity contribution in [3.05, 3.63) is 0 Å². The van der Waals surface area contributed by atoms with Gasteiger partial charge in [-0.25, -0.2) is 0 Å². The van der Waals surface area contributed by atoms with Gasteiger partial charge in [0, 0.05) is 0 Å². The number of hydrogen-bond acceptors (Lipinski definition) is 18. The maximum absolute atomic E-state index is 12.9. The molecule has 54 heavy (non-hydrogen) atoms. The Hall–Kier alpha value is -6.36. The summed E-state index contributed by atoms with van der Waals surface area (Å²) in [6.45, 7) is 0. The average molecular weight is 781 g/mol. The average Bonchev–Trinajstić information content (AvgIpc) is 3.06. The van der Waals surface area contributed by atoms with Crippen molar-refractivity contribution in [3.8, 4) is 0 Å². The summed E-state index contributed by atoms with van der Waals surface area (Å²) in [5.74, 6) is -18.0. The molecule has 0 heterocycles. The number of carboxylic acids is 6. The molecule has 300 valence electrons. The lowest BCUT2D eigenvalue weighted by molar-refractivity contribution is -0.262. The Kier molecular flexibility index (Phi) is 19.1. The molecular weight excluding hydrogens is 744 g/mol. The molecule has 0 aromatic carbocycles. The topological polar surface area (TPSA) is 382 Å². The zero-order valence-corrected chi connectivity index (χ0v) is 28.0. The van der Waals surface area contributed by atoms with Crippen LogP contribution < -0.4 is 0 Å². The summed E-state index contributed by atoms with van der Waals surface area (Å²) in [6, 6.07) is 0. The Morgan fingerprint density at radius 2 is 0.352 bits per heavy atom. The molecule has 24 heteroatoms. The van der Waals surface area contributed by atoms with Crippen molar-refractivity contribution in [2.24, 2.45) is 0 Å². The Morgan fingerprint density at radius 1 is 0.241 bits per heavy atom. The van der Waals surface area contributed by atoms with E-state index in [9.17, 15) is 57.5 Å². The predicted molar refractivity (Wildman–Crippen MR) is 160 cm³/mol. The summed E-state index contributed by atoms with van der Waals surface area (Å²) >= 11 is 0. The zero-order chi connectivity index (χ0) is 41.1. The van der Waals surface area contributed by atoms with Crippen molar-refractivity contribution in [2.75, 3.05) is 0 Å². The van der Waals surface area contributed by atoms with E-state index in [1.807, 2.05) is 0 Å². The minimum Gasteiger partial charge on any atom is -0.481 e. The lowest BCUT2D eigenvalue weighted by Crippen LogP contribution is -2.69. The molecule has 0 aromatic rings. The van der Waals surface area contributed by atoms with Crippen molar-refractivity contribution >= 4 is 71.6 Å². The largest absolute Gasteiger partial charge is 0.481 e. The van der Waals surface area contributed by atoms with E-state index in [-0.39, 0.29) is 0 Å². The van der Waals surface area contributed by atoms with Crippen LogP contribution in [0.2, 0.25) is 0 Å². The molecule has 0 saturated heterocycles. The summed E-state index contributed by atoms with van der Waals surface area (Å²) in [6.07, 6.45) is -25.5. The highest BCUT2D eigenvalue weighted by atomic mass is 16.7. The van der Waals surface area contributed by atoms with Crippen LogP contribution in [0.5, 0.6) is 0 Å². The van der Waals surface area contributed by atoms with E-state index in [0.717, 1.165) is 0 Å². The molecule has 1 saturated carbocycles. The van der Waals surface area contributed by atoms with Gasteiger partial charge in [0.1, 0.15) is 0 Å². The fraction of sp³-hybridized carbons (Fsp3) is 0.600. The minimum absolute atomic E-state index is 0.900. The second-order valence-electron chi connectivity index (χ2n) is 11.1. The first kappa shape index (κ1) is 45.7. The van der Waals surface area contributed by atoms with Crippen molar-refractivity contribution in [3.63, 3.8) is 0 Å². The third-order valence-corrected chi connectivity index (χ3v) is 6.81. The van der Waals surface area contributed by atoms with Gasteiger partial charge in [0.15, 0.2) is 36.6 Å². The molecular formula is C30H36O24. The maximum atomic E-state index is 12.9. The molecule has 0 aliphatic heterocycles. The number of carbonyl (C=O) groups is 12. The van der Waals surface area contributed by atoms with Gasteiger partial charge in [0.25, 0.3) is 0 Å². The molecule has 0 spiro atoms. The maximum Gasteiger partial charge on any atom is 0.306 e. The fourth-order valence-electron chi connectivity index (χ4n) is 4.44. The van der Waals surface area contributed by atoms with Crippen LogP contribution in [0.15, 0.2) is 0 Å². The summed E-state index contributed by atoms with van der Waals surface area (Å²) in [4.78, 5) is 144. The summed E-state index contributed by atoms with van der Waals surface area (Å²) in [5, 5.41) is 54.3. The van der Waals surface area contributed by atoms with Crippen LogP contribution in [0.1, 0.15) is 77.0 Å². The van der Waals surface area contributed by atoms with E-state index in [1.54, 1.807) is 0 Å². The van der Waals surface area contributed by atoms with Crippen molar-refractivity contribution < 1.29 is 117 Å². The molecule has 1 aliphatic rings. The molecule has 0 atom stereocenters. The second-order valence-corrected chi connectivity index (χ2v) is 11.1. The van der Waals surface area contributed by atoms with E-state index in [1.165, 1.54) is 0 Å². The summed E-state index contributed by atoms with van der Waals surface area (Å²) in [7, 11) is 0. The minimum atomic E-state index is -2.39. The highest BCUT2D eigenvalue weighted by molar-refractivity contribution is 5.81. The van der Waals surface area contributed by atoms with E-state index < -0.39 is 185 Å². The first-order valence-corrected chi connectivity index (χ1v) is 15.7. The number of rotatable bonds is 24. The zero-order valence-electron chi connectivity index (χ0n) is 28.0. The lowest BCUT2D eigenvalue weighted by Gasteiger charge is -2.47. The Labute approximate surface area is 302 Å². The second kappa shape index (κ2) is 22.5. The lowest BCUT2D eigenvalue weighted by atomic mass is 9.83. The predicted octanol–water partition coefficient (Wildman–Crippen LogP) is -1.34. The third-order valence-electron chi connectivity index (χ3n) is 6.81. The van der Waals surface area contributed by atoms with Crippen LogP contribution >= 0.6 is 0 Å². The standard InChI is InChI=1S/C30H36O24/c31-13(32)1-7-19(43)49-25-26(50-20(44)8-2-14(33)34)28(52-22(46)10-4-16(37)38)30(54-24(48)12-6-18(41)42)29(53-23(47)11-5-17(39)40)27(25)51-21(45)9-3-15(35)36/h25-30H,1-12H2,(H,31,32)(H,33,34)(H,35,36)(H,37,38)(H,39,40)(H,41,42). The molecule has 0 aromatic heterocycles. The van der Waals surface area contributed by atoms with Gasteiger partial charge in [-0.2, -0.15) is 0 Å². The van der Waals surface area contributed by atoms with Crippen LogP contribution in [0.4, 0.5) is 0 Å². The molecule has 0 bridgehead atoms. The van der Waals surface area contributed by atoms with Crippen molar-refractivity contribution in [2.45, 2.75) is 114 Å². The van der Waals surface area contributed by atoms with E-state index in [0.29, 0.717) is 0 Å². The number of esters is 6. The molecule has 24 nitrogen and oxygen atoms in total. The number of carboxylic acid groups (broad SMARTS) is 6. The van der Waals surface area contributed by atoms with Crippen LogP contribution in [0.25, 0.3) is 0 Å². The SMILES string of the molecule is O=C(O)CCC(=O)OC1C(OC(=O)CCC(=O)O)C(OC(=O)CCC(=O)O)C(OC(=O)CCC(=O)O)C(OC(=O)CCC(=O)O)C1OC(=O)CCC(=O)O. The first-order chi connectivity index (χ1) is 25.2. The number of carbonyl (C=O) groups excluding carboxylic acids is 6. The normalized spacial score (nSPS) is 20.2. The van der Waals surface area contributed by atoms with Gasteiger partial charge in [0.05, 0.1) is 77.0 Å². The highest BCUT2D eigenvalue weighted by Gasteiger charge is 2.61. The van der Waals surface area contributed by atoms with Crippen LogP contribution in [-0.4, -0.2) is 139 Å². The smallest absolute Gasteiger partial charge is 0.306 e. The van der Waals surface area contributed by atoms with Gasteiger partial charge in [-0.05, 0) is 0 Å². The quantitative estimate of drug-likeness (QED) is 0.0487. The van der Waals surface area contributed by atoms with E-state index >= 15 is 0 Å². The van der Waals surface area contributed by atoms with Gasteiger partial charge in [-0.1, -0.05) is 0 Å². The van der Waals surface area contributed by atoms with Gasteiger partial charge < -0.3 is 59.1 Å². The molecule has 0 unspecified atom stereocenters. The van der Waals surface area contributed by atoms with Gasteiger partial charge in [-0.3, -0.25) is 57.5 Å². The van der Waals surface area contributed by atoms with Gasteiger partial charge in [-0.15, -0.1) is 0 Å². The Balaban J connectivity index is 4.10. The van der Waals surface area contributed by atoms with Crippen molar-refractivity contribution in [1.82, 2.24) is 0 Å². The fourth-order valence-corrected chi connectivity index (χ4v) is 4.44. The van der Waals surface area contributed by atoms with E-state index in [4.69, 9.17) is 59.1 Å². The van der Waals surface area contributed by atoms with Crippen LogP contribution in [-0.2, 0) is 86.0 Å². The van der Waals surface area contributed by atoms with Crippen LogP contribution in [0.3, 0.4) is 0 Å². The summed E-state index contributed by atoms with van der Waals surface area (Å²) in [5.41, 5.74) is 0. The molecule has 6 N–H and O–H groups in total. The molecule has 1 rings (SSSR count). The van der Waals surface area contributed by atoms with Crippen molar-refractivity contribution in [1.29, 1.82) is 0 Å². The number of ether oxygens (including phenoxy) is 6. The Bertz CT molecular complexity index is 1170. The number of aliphatic carboxylic acids is 6. The van der Waals surface area contributed by atoms with Gasteiger partial charge in [0.2, 0.25) is 0 Å². The highest BCUT2D eigenvalue weighted by Crippen LogP contribution is 2.36. The Morgan fingerprint density at radius 3 is 0.444 bits per heavy atom. The molecule has 1 fully saturated rings. The van der Waals surface area contributed by atoms with E-state index in [2.05, 4.69) is 0 Å². The third kappa shape index (κ3) is 17.7. The molecule has 1 aliphatic carbocycles. The number of hydrogen-bond donors (Lipinski definition) is 6. The molecule has 0 radical (unpaired) electrons. The molecule has 0 amide bonds. The monoisotopic (exact) mass is 780 g/mol. The van der Waals surface area contributed by atoms with Gasteiger partial charge >= 0.3 is 71.6 Å². The van der Waals surface area contributed by atoms with Crippen LogP contribution in [0, 0.1) is 0 Å². The first-order valence-electron chi connectivity index (χ1n) is 15.7.